The zero-order chi connectivity index (χ0) is 15.7. The van der Waals surface area contributed by atoms with Crippen molar-refractivity contribution in [1.82, 2.24) is 0 Å². The van der Waals surface area contributed by atoms with Crippen LogP contribution in [0.4, 0.5) is 0 Å². The third-order valence-electron chi connectivity index (χ3n) is 3.47. The van der Waals surface area contributed by atoms with Gasteiger partial charge in [0.15, 0.2) is 0 Å². The maximum atomic E-state index is 12.0. The van der Waals surface area contributed by atoms with Crippen molar-refractivity contribution in [1.29, 1.82) is 0 Å². The molecule has 0 spiro atoms. The summed E-state index contributed by atoms with van der Waals surface area (Å²) in [4.78, 5) is 23.2. The Morgan fingerprint density at radius 2 is 1.67 bits per heavy atom. The maximum absolute atomic E-state index is 12.0. The Balaban J connectivity index is 2.50. The van der Waals surface area contributed by atoms with E-state index in [0.29, 0.717) is 19.4 Å². The molecule has 0 aromatic heterocycles. The standard InChI is InChI=1S/C17H24O4/c1-4-17(3,14-10-7-6-8-11-14)21-16(19)13-9-12-15(18)20-5-2/h6-8,10-11H,4-5,9,12-13H2,1-3H3. The van der Waals surface area contributed by atoms with Gasteiger partial charge < -0.3 is 9.47 Å². The molecule has 0 bridgehead atoms. The minimum atomic E-state index is -0.623. The molecular formula is C17H24O4. The third kappa shape index (κ3) is 5.58. The molecular weight excluding hydrogens is 268 g/mol. The van der Waals surface area contributed by atoms with Gasteiger partial charge in [0.05, 0.1) is 6.61 Å². The Kier molecular flexibility index (Phi) is 6.92. The number of ether oxygens (including phenoxy) is 2. The van der Waals surface area contributed by atoms with Gasteiger partial charge in [0.1, 0.15) is 5.60 Å². The zero-order valence-corrected chi connectivity index (χ0v) is 13.1. The van der Waals surface area contributed by atoms with E-state index in [1.54, 1.807) is 6.92 Å². The highest BCUT2D eigenvalue weighted by Gasteiger charge is 2.28. The lowest BCUT2D eigenvalue weighted by Gasteiger charge is -2.29. The molecule has 0 radical (unpaired) electrons. The summed E-state index contributed by atoms with van der Waals surface area (Å²) in [6.07, 6.45) is 1.62. The lowest BCUT2D eigenvalue weighted by Crippen LogP contribution is -2.28. The van der Waals surface area contributed by atoms with Crippen LogP contribution < -0.4 is 0 Å². The highest BCUT2D eigenvalue weighted by atomic mass is 16.6. The van der Waals surface area contributed by atoms with Crippen LogP contribution in [-0.2, 0) is 24.7 Å². The minimum Gasteiger partial charge on any atom is -0.466 e. The molecule has 0 fully saturated rings. The van der Waals surface area contributed by atoms with Gasteiger partial charge in [-0.25, -0.2) is 0 Å². The van der Waals surface area contributed by atoms with Gasteiger partial charge in [0.2, 0.25) is 0 Å². The first kappa shape index (κ1) is 17.2. The van der Waals surface area contributed by atoms with Crippen molar-refractivity contribution in [3.05, 3.63) is 35.9 Å². The molecule has 1 aromatic rings. The van der Waals surface area contributed by atoms with Crippen molar-refractivity contribution in [2.24, 2.45) is 0 Å². The molecule has 0 saturated carbocycles. The van der Waals surface area contributed by atoms with Crippen molar-refractivity contribution in [3.63, 3.8) is 0 Å². The van der Waals surface area contributed by atoms with E-state index in [9.17, 15) is 9.59 Å². The lowest BCUT2D eigenvalue weighted by molar-refractivity contribution is -0.160. The zero-order valence-electron chi connectivity index (χ0n) is 13.1. The van der Waals surface area contributed by atoms with Gasteiger partial charge in [-0.05, 0) is 32.3 Å². The maximum Gasteiger partial charge on any atom is 0.306 e. The number of rotatable bonds is 8. The van der Waals surface area contributed by atoms with Crippen LogP contribution in [0.1, 0.15) is 52.0 Å². The number of hydrogen-bond donors (Lipinski definition) is 0. The predicted molar refractivity (Wildman–Crippen MR) is 80.7 cm³/mol. The van der Waals surface area contributed by atoms with Gasteiger partial charge in [0.25, 0.3) is 0 Å². The molecule has 1 unspecified atom stereocenters. The Hall–Kier alpha value is -1.84. The number of benzene rings is 1. The Bertz CT molecular complexity index is 455. The first-order valence-electron chi connectivity index (χ1n) is 7.44. The van der Waals surface area contributed by atoms with Crippen molar-refractivity contribution in [2.75, 3.05) is 6.61 Å². The smallest absolute Gasteiger partial charge is 0.306 e. The summed E-state index contributed by atoms with van der Waals surface area (Å²) >= 11 is 0. The molecule has 0 saturated heterocycles. The largest absolute Gasteiger partial charge is 0.466 e. The van der Waals surface area contributed by atoms with E-state index in [1.165, 1.54) is 0 Å². The number of esters is 2. The summed E-state index contributed by atoms with van der Waals surface area (Å²) in [6, 6.07) is 9.70. The molecule has 0 amide bonds. The Morgan fingerprint density at radius 1 is 1.05 bits per heavy atom. The molecule has 116 valence electrons. The Labute approximate surface area is 126 Å². The van der Waals surface area contributed by atoms with Gasteiger partial charge in [-0.3, -0.25) is 9.59 Å². The fourth-order valence-electron chi connectivity index (χ4n) is 2.04. The second kappa shape index (κ2) is 8.45. The van der Waals surface area contributed by atoms with E-state index in [-0.39, 0.29) is 24.8 Å². The SMILES string of the molecule is CCOC(=O)CCCC(=O)OC(C)(CC)c1ccccc1. The molecule has 1 atom stereocenters. The second-order valence-electron chi connectivity index (χ2n) is 5.08. The fraction of sp³-hybridized carbons (Fsp3) is 0.529. The fourth-order valence-corrected chi connectivity index (χ4v) is 2.04. The molecule has 0 N–H and O–H groups in total. The van der Waals surface area contributed by atoms with Crippen LogP contribution in [0.2, 0.25) is 0 Å². The average Bonchev–Trinajstić information content (AvgIpc) is 2.48. The highest BCUT2D eigenvalue weighted by Crippen LogP contribution is 2.29. The van der Waals surface area contributed by atoms with E-state index in [2.05, 4.69) is 0 Å². The summed E-state index contributed by atoms with van der Waals surface area (Å²) in [5.41, 5.74) is 0.355. The van der Waals surface area contributed by atoms with E-state index in [4.69, 9.17) is 9.47 Å². The molecule has 0 aliphatic rings. The van der Waals surface area contributed by atoms with Crippen LogP contribution in [0.3, 0.4) is 0 Å². The van der Waals surface area contributed by atoms with Gasteiger partial charge in [-0.2, -0.15) is 0 Å². The van der Waals surface area contributed by atoms with Crippen LogP contribution in [0.5, 0.6) is 0 Å². The van der Waals surface area contributed by atoms with Gasteiger partial charge in [-0.1, -0.05) is 37.3 Å². The first-order chi connectivity index (χ1) is 10.0. The lowest BCUT2D eigenvalue weighted by atomic mass is 9.93. The van der Waals surface area contributed by atoms with Gasteiger partial charge in [0, 0.05) is 12.8 Å². The molecule has 1 aromatic carbocycles. The summed E-state index contributed by atoms with van der Waals surface area (Å²) in [6.45, 7) is 6.02. The normalized spacial score (nSPS) is 13.3. The highest BCUT2D eigenvalue weighted by molar-refractivity contribution is 5.72. The van der Waals surface area contributed by atoms with Crippen LogP contribution >= 0.6 is 0 Å². The number of hydrogen-bond acceptors (Lipinski definition) is 4. The topological polar surface area (TPSA) is 52.6 Å². The van der Waals surface area contributed by atoms with Crippen molar-refractivity contribution < 1.29 is 19.1 Å². The van der Waals surface area contributed by atoms with Crippen LogP contribution in [0.15, 0.2) is 30.3 Å². The van der Waals surface area contributed by atoms with Gasteiger partial charge >= 0.3 is 11.9 Å². The predicted octanol–water partition coefficient (Wildman–Crippen LogP) is 3.59. The summed E-state index contributed by atoms with van der Waals surface area (Å²) in [5.74, 6) is -0.556. The molecule has 0 heterocycles. The molecule has 21 heavy (non-hydrogen) atoms. The average molecular weight is 292 g/mol. The van der Waals surface area contributed by atoms with Crippen LogP contribution in [0, 0.1) is 0 Å². The van der Waals surface area contributed by atoms with Crippen molar-refractivity contribution >= 4 is 11.9 Å². The van der Waals surface area contributed by atoms with E-state index in [0.717, 1.165) is 5.56 Å². The molecule has 1 rings (SSSR count). The quantitative estimate of drug-likeness (QED) is 0.687. The molecule has 4 heteroatoms. The van der Waals surface area contributed by atoms with Gasteiger partial charge in [-0.15, -0.1) is 0 Å². The Morgan fingerprint density at radius 3 is 2.24 bits per heavy atom. The summed E-state index contributed by atoms with van der Waals surface area (Å²) < 4.78 is 10.4. The van der Waals surface area contributed by atoms with Crippen LogP contribution in [0.25, 0.3) is 0 Å². The summed E-state index contributed by atoms with van der Waals surface area (Å²) in [5, 5.41) is 0. The van der Waals surface area contributed by atoms with Crippen LogP contribution in [-0.4, -0.2) is 18.5 Å². The third-order valence-corrected chi connectivity index (χ3v) is 3.47. The second-order valence-corrected chi connectivity index (χ2v) is 5.08. The molecule has 0 aliphatic carbocycles. The molecule has 0 aliphatic heterocycles. The van der Waals surface area contributed by atoms with E-state index < -0.39 is 5.60 Å². The summed E-state index contributed by atoms with van der Waals surface area (Å²) in [7, 11) is 0. The van der Waals surface area contributed by atoms with Crippen molar-refractivity contribution in [2.45, 2.75) is 52.1 Å². The first-order valence-corrected chi connectivity index (χ1v) is 7.44. The van der Waals surface area contributed by atoms with E-state index >= 15 is 0 Å². The van der Waals surface area contributed by atoms with Crippen molar-refractivity contribution in [3.8, 4) is 0 Å². The molecule has 4 nitrogen and oxygen atoms in total. The monoisotopic (exact) mass is 292 g/mol. The number of carbonyl (C=O) groups excluding carboxylic acids is 2. The van der Waals surface area contributed by atoms with E-state index in [1.807, 2.05) is 44.2 Å². The number of carbonyl (C=O) groups is 2. The minimum absolute atomic E-state index is 0.223.